The van der Waals surface area contributed by atoms with E-state index in [0.717, 1.165) is 11.4 Å². The smallest absolute Gasteiger partial charge is 0.343 e. The number of ether oxygens (including phenoxy) is 3. The zero-order valence-corrected chi connectivity index (χ0v) is 12.3. The van der Waals surface area contributed by atoms with Gasteiger partial charge in [0, 0.05) is 27.4 Å². The van der Waals surface area contributed by atoms with Crippen molar-refractivity contribution in [2.24, 2.45) is 0 Å². The normalized spacial score (nSPS) is 10.5. The van der Waals surface area contributed by atoms with Gasteiger partial charge >= 0.3 is 5.97 Å². The fourth-order valence-electron chi connectivity index (χ4n) is 1.45. The number of carbonyl (C=O) groups is 1. The number of nitrogens with zero attached hydrogens (tertiary/aromatic N) is 1. The van der Waals surface area contributed by atoms with Crippen molar-refractivity contribution >= 4 is 22.5 Å². The van der Waals surface area contributed by atoms with Gasteiger partial charge in [-0.1, -0.05) is 0 Å². The number of rotatable bonds is 9. The van der Waals surface area contributed by atoms with Gasteiger partial charge in [0.25, 0.3) is 0 Å². The van der Waals surface area contributed by atoms with Gasteiger partial charge in [-0.15, -0.1) is 0 Å². The van der Waals surface area contributed by atoms with Crippen LogP contribution in [0.25, 0.3) is 0 Å². The van der Waals surface area contributed by atoms with Crippen molar-refractivity contribution in [3.8, 4) is 0 Å². The van der Waals surface area contributed by atoms with Crippen LogP contribution >= 0.6 is 11.5 Å². The van der Waals surface area contributed by atoms with Crippen LogP contribution in [0.15, 0.2) is 0 Å². The molecule has 0 bridgehead atoms. The third-order valence-corrected chi connectivity index (χ3v) is 3.35. The number of anilines is 1. The van der Waals surface area contributed by atoms with Gasteiger partial charge in [0.05, 0.1) is 12.3 Å². The van der Waals surface area contributed by atoms with Gasteiger partial charge in [-0.2, -0.15) is 4.37 Å². The van der Waals surface area contributed by atoms with E-state index < -0.39 is 0 Å². The molecule has 0 aromatic carbocycles. The summed E-state index contributed by atoms with van der Waals surface area (Å²) in [5.41, 5.74) is 1.19. The Morgan fingerprint density at radius 2 is 2.11 bits per heavy atom. The topological polar surface area (TPSA) is 69.7 Å². The average Bonchev–Trinajstić information content (AvgIpc) is 2.78. The first-order valence-corrected chi connectivity index (χ1v) is 6.85. The molecule has 0 saturated heterocycles. The predicted octanol–water partition coefficient (Wildman–Crippen LogP) is 1.70. The molecule has 0 unspecified atom stereocenters. The lowest BCUT2D eigenvalue weighted by Gasteiger charge is -2.06. The Kier molecular flexibility index (Phi) is 7.39. The molecule has 1 aromatic heterocycles. The Hall–Kier alpha value is -1.18. The fourth-order valence-corrected chi connectivity index (χ4v) is 2.19. The van der Waals surface area contributed by atoms with Gasteiger partial charge in [-0.05, 0) is 24.9 Å². The molecule has 108 valence electrons. The van der Waals surface area contributed by atoms with Gasteiger partial charge in [0.2, 0.25) is 0 Å². The lowest BCUT2D eigenvalue weighted by Crippen LogP contribution is -2.13. The number of hydrogen-bond acceptors (Lipinski definition) is 7. The maximum atomic E-state index is 11.9. The summed E-state index contributed by atoms with van der Waals surface area (Å²) in [6.45, 7) is 3.69. The molecule has 1 N–H and O–H groups in total. The second-order valence-electron chi connectivity index (χ2n) is 3.82. The summed E-state index contributed by atoms with van der Waals surface area (Å²) in [6, 6.07) is 0. The number of methoxy groups -OCH3 is 1. The molecule has 0 saturated carbocycles. The third kappa shape index (κ3) is 5.14. The van der Waals surface area contributed by atoms with Crippen LogP contribution in [0.1, 0.15) is 22.5 Å². The Morgan fingerprint density at radius 3 is 2.79 bits per heavy atom. The second-order valence-corrected chi connectivity index (χ2v) is 4.59. The van der Waals surface area contributed by atoms with E-state index in [9.17, 15) is 4.79 Å². The molecule has 0 amide bonds. The van der Waals surface area contributed by atoms with E-state index in [2.05, 4.69) is 9.69 Å². The van der Waals surface area contributed by atoms with Crippen LogP contribution in [0.2, 0.25) is 0 Å². The van der Waals surface area contributed by atoms with Crippen LogP contribution in [0, 0.1) is 6.92 Å². The van der Waals surface area contributed by atoms with Crippen molar-refractivity contribution in [3.05, 3.63) is 11.3 Å². The molecular formula is C12H20N2O4S. The number of esters is 1. The Morgan fingerprint density at radius 1 is 1.32 bits per heavy atom. The summed E-state index contributed by atoms with van der Waals surface area (Å²) >= 11 is 1.25. The van der Waals surface area contributed by atoms with Crippen LogP contribution in [0.3, 0.4) is 0 Å². The largest absolute Gasteiger partial charge is 0.460 e. The molecule has 0 aliphatic rings. The zero-order chi connectivity index (χ0) is 14.1. The van der Waals surface area contributed by atoms with Crippen LogP contribution < -0.4 is 5.32 Å². The first-order chi connectivity index (χ1) is 9.20. The summed E-state index contributed by atoms with van der Waals surface area (Å²) in [6.07, 6.45) is 0.835. The lowest BCUT2D eigenvalue weighted by molar-refractivity contribution is 0.0288. The summed E-state index contributed by atoms with van der Waals surface area (Å²) in [5, 5.41) is 3.66. The van der Waals surface area contributed by atoms with E-state index in [1.165, 1.54) is 11.5 Å². The highest BCUT2D eigenvalue weighted by Crippen LogP contribution is 2.24. The highest BCUT2D eigenvalue weighted by Gasteiger charge is 2.18. The van der Waals surface area contributed by atoms with Crippen molar-refractivity contribution in [2.45, 2.75) is 13.3 Å². The Balaban J connectivity index is 2.26. The molecule has 0 aliphatic carbocycles. The number of aromatic nitrogens is 1. The Labute approximate surface area is 117 Å². The molecule has 0 fully saturated rings. The van der Waals surface area contributed by atoms with Crippen molar-refractivity contribution in [1.82, 2.24) is 4.37 Å². The molecular weight excluding hydrogens is 268 g/mol. The minimum absolute atomic E-state index is 0.240. The van der Waals surface area contributed by atoms with Crippen molar-refractivity contribution in [2.75, 3.05) is 45.9 Å². The van der Waals surface area contributed by atoms with Gasteiger partial charge in [0.15, 0.2) is 0 Å². The molecule has 0 atom stereocenters. The standard InChI is InChI=1S/C12H20N2O4S/c1-9-10(11(13-2)19-14-9)12(15)18-8-7-17-6-4-5-16-3/h13H,4-8H2,1-3H3. The van der Waals surface area contributed by atoms with E-state index in [-0.39, 0.29) is 12.6 Å². The summed E-state index contributed by atoms with van der Waals surface area (Å²) in [7, 11) is 3.40. The van der Waals surface area contributed by atoms with E-state index >= 15 is 0 Å². The second kappa shape index (κ2) is 8.84. The molecule has 0 radical (unpaired) electrons. The van der Waals surface area contributed by atoms with E-state index in [0.29, 0.717) is 31.1 Å². The van der Waals surface area contributed by atoms with Crippen LogP contribution in [-0.2, 0) is 14.2 Å². The SMILES string of the molecule is CNc1snc(C)c1C(=O)OCCOCCCOC. The third-order valence-electron chi connectivity index (χ3n) is 2.39. The van der Waals surface area contributed by atoms with Gasteiger partial charge in [-0.25, -0.2) is 4.79 Å². The molecule has 1 heterocycles. The molecule has 19 heavy (non-hydrogen) atoms. The minimum atomic E-state index is -0.365. The number of aryl methyl sites for hydroxylation is 1. The zero-order valence-electron chi connectivity index (χ0n) is 11.5. The highest BCUT2D eigenvalue weighted by atomic mass is 32.1. The highest BCUT2D eigenvalue weighted by molar-refractivity contribution is 7.10. The average molecular weight is 288 g/mol. The summed E-state index contributed by atoms with van der Waals surface area (Å²) < 4.78 is 19.5. The molecule has 7 heteroatoms. The van der Waals surface area contributed by atoms with E-state index in [4.69, 9.17) is 14.2 Å². The van der Waals surface area contributed by atoms with Crippen LogP contribution in [0.5, 0.6) is 0 Å². The van der Waals surface area contributed by atoms with Crippen molar-refractivity contribution in [1.29, 1.82) is 0 Å². The molecule has 0 spiro atoms. The molecule has 0 aliphatic heterocycles. The van der Waals surface area contributed by atoms with Gasteiger partial charge in [-0.3, -0.25) is 0 Å². The molecule has 1 rings (SSSR count). The summed E-state index contributed by atoms with van der Waals surface area (Å²) in [5.74, 6) is -0.365. The quantitative estimate of drug-likeness (QED) is 0.551. The number of nitrogens with one attached hydrogen (secondary N) is 1. The van der Waals surface area contributed by atoms with E-state index in [1.807, 2.05) is 0 Å². The predicted molar refractivity (Wildman–Crippen MR) is 74.0 cm³/mol. The van der Waals surface area contributed by atoms with E-state index in [1.54, 1.807) is 21.1 Å². The van der Waals surface area contributed by atoms with Gasteiger partial charge in [0.1, 0.15) is 17.2 Å². The number of hydrogen-bond donors (Lipinski definition) is 1. The van der Waals surface area contributed by atoms with Crippen LogP contribution in [-0.4, -0.2) is 50.9 Å². The van der Waals surface area contributed by atoms with Crippen molar-refractivity contribution in [3.63, 3.8) is 0 Å². The van der Waals surface area contributed by atoms with Crippen molar-refractivity contribution < 1.29 is 19.0 Å². The first-order valence-electron chi connectivity index (χ1n) is 6.08. The lowest BCUT2D eigenvalue weighted by atomic mass is 10.2. The fraction of sp³-hybridized carbons (Fsp3) is 0.667. The first kappa shape index (κ1) is 15.9. The summed E-state index contributed by atoms with van der Waals surface area (Å²) in [4.78, 5) is 11.9. The maximum Gasteiger partial charge on any atom is 0.343 e. The molecule has 1 aromatic rings. The monoisotopic (exact) mass is 288 g/mol. The van der Waals surface area contributed by atoms with Crippen LogP contribution in [0.4, 0.5) is 5.00 Å². The van der Waals surface area contributed by atoms with Gasteiger partial charge < -0.3 is 19.5 Å². The minimum Gasteiger partial charge on any atom is -0.460 e. The Bertz CT molecular complexity index is 395. The molecule has 6 nitrogen and oxygen atoms in total. The maximum absolute atomic E-state index is 11.9. The number of carbonyl (C=O) groups excluding carboxylic acids is 1.